The van der Waals surface area contributed by atoms with Crippen LogP contribution in [0, 0.1) is 0 Å². The van der Waals surface area contributed by atoms with Crippen LogP contribution in [0.3, 0.4) is 0 Å². The van der Waals surface area contributed by atoms with Gasteiger partial charge in [0, 0.05) is 30.1 Å². The molecule has 0 aliphatic heterocycles. The summed E-state index contributed by atoms with van der Waals surface area (Å²) in [7, 11) is -3.20. The standard InChI is InChI=1S/C17H16N2O3S/c1-23(21,22)15-6-2-12(3-7-15)11-19-17(20)14-5-4-13-8-9-18-16(13)10-14/h2-10,18H,11H2,1H3,(H,19,20). The van der Waals surface area contributed by atoms with Crippen molar-refractivity contribution in [2.75, 3.05) is 6.26 Å². The van der Waals surface area contributed by atoms with E-state index in [-0.39, 0.29) is 10.8 Å². The molecule has 3 aromatic rings. The van der Waals surface area contributed by atoms with Gasteiger partial charge in [-0.05, 0) is 41.3 Å². The minimum Gasteiger partial charge on any atom is -0.361 e. The normalized spacial score (nSPS) is 11.5. The van der Waals surface area contributed by atoms with E-state index in [1.165, 1.54) is 6.26 Å². The maximum atomic E-state index is 12.2. The Labute approximate surface area is 134 Å². The van der Waals surface area contributed by atoms with Gasteiger partial charge in [-0.2, -0.15) is 0 Å². The molecule has 0 fully saturated rings. The van der Waals surface area contributed by atoms with Gasteiger partial charge in [-0.25, -0.2) is 8.42 Å². The fourth-order valence-electron chi connectivity index (χ4n) is 2.33. The molecule has 0 aliphatic rings. The smallest absolute Gasteiger partial charge is 0.251 e. The van der Waals surface area contributed by atoms with Crippen molar-refractivity contribution in [3.63, 3.8) is 0 Å². The average molecular weight is 328 g/mol. The van der Waals surface area contributed by atoms with E-state index in [2.05, 4.69) is 10.3 Å². The van der Waals surface area contributed by atoms with E-state index >= 15 is 0 Å². The molecule has 0 atom stereocenters. The van der Waals surface area contributed by atoms with Gasteiger partial charge >= 0.3 is 0 Å². The summed E-state index contributed by atoms with van der Waals surface area (Å²) in [4.78, 5) is 15.5. The fraction of sp³-hybridized carbons (Fsp3) is 0.118. The van der Waals surface area contributed by atoms with Crippen LogP contribution in [0.5, 0.6) is 0 Å². The number of sulfone groups is 1. The Bertz CT molecular complexity index is 957. The van der Waals surface area contributed by atoms with Crippen LogP contribution in [0.25, 0.3) is 10.9 Å². The van der Waals surface area contributed by atoms with Crippen LogP contribution in [0.1, 0.15) is 15.9 Å². The lowest BCUT2D eigenvalue weighted by Gasteiger charge is -2.06. The van der Waals surface area contributed by atoms with E-state index in [4.69, 9.17) is 0 Å². The van der Waals surface area contributed by atoms with Crippen molar-refractivity contribution < 1.29 is 13.2 Å². The maximum Gasteiger partial charge on any atom is 0.251 e. The van der Waals surface area contributed by atoms with Crippen molar-refractivity contribution in [1.29, 1.82) is 0 Å². The third-order valence-electron chi connectivity index (χ3n) is 3.62. The predicted molar refractivity (Wildman–Crippen MR) is 89.0 cm³/mol. The first-order valence-corrected chi connectivity index (χ1v) is 8.97. The molecule has 23 heavy (non-hydrogen) atoms. The fourth-order valence-corrected chi connectivity index (χ4v) is 2.96. The lowest BCUT2D eigenvalue weighted by Crippen LogP contribution is -2.22. The maximum absolute atomic E-state index is 12.2. The molecule has 0 aliphatic carbocycles. The minimum absolute atomic E-state index is 0.173. The lowest BCUT2D eigenvalue weighted by molar-refractivity contribution is 0.0951. The number of carbonyl (C=O) groups is 1. The lowest BCUT2D eigenvalue weighted by atomic mass is 10.1. The summed E-state index contributed by atoms with van der Waals surface area (Å²) in [5, 5.41) is 3.88. The van der Waals surface area contributed by atoms with Crippen LogP contribution in [0.4, 0.5) is 0 Å². The average Bonchev–Trinajstić information content (AvgIpc) is 2.99. The van der Waals surface area contributed by atoms with Crippen LogP contribution in [0.15, 0.2) is 59.6 Å². The minimum atomic E-state index is -3.20. The van der Waals surface area contributed by atoms with Crippen molar-refractivity contribution in [2.24, 2.45) is 0 Å². The molecule has 0 spiro atoms. The zero-order valence-corrected chi connectivity index (χ0v) is 13.4. The summed E-state index contributed by atoms with van der Waals surface area (Å²) < 4.78 is 22.8. The van der Waals surface area contributed by atoms with Crippen molar-refractivity contribution in [1.82, 2.24) is 10.3 Å². The predicted octanol–water partition coefficient (Wildman–Crippen LogP) is 2.50. The number of benzene rings is 2. The Morgan fingerprint density at radius 2 is 1.83 bits per heavy atom. The van der Waals surface area contributed by atoms with E-state index in [9.17, 15) is 13.2 Å². The van der Waals surface area contributed by atoms with Gasteiger partial charge < -0.3 is 10.3 Å². The molecule has 0 saturated carbocycles. The Hall–Kier alpha value is -2.60. The van der Waals surface area contributed by atoms with E-state index < -0.39 is 9.84 Å². The van der Waals surface area contributed by atoms with Gasteiger partial charge in [-0.15, -0.1) is 0 Å². The third kappa shape index (κ3) is 3.43. The van der Waals surface area contributed by atoms with Gasteiger partial charge in [0.2, 0.25) is 0 Å². The quantitative estimate of drug-likeness (QED) is 0.772. The molecule has 1 heterocycles. The second-order valence-electron chi connectivity index (χ2n) is 5.38. The summed E-state index contributed by atoms with van der Waals surface area (Å²) >= 11 is 0. The van der Waals surface area contributed by atoms with Gasteiger partial charge in [0.15, 0.2) is 9.84 Å². The molecule has 3 rings (SSSR count). The Morgan fingerprint density at radius 1 is 1.09 bits per heavy atom. The van der Waals surface area contributed by atoms with Crippen LogP contribution >= 0.6 is 0 Å². The van der Waals surface area contributed by atoms with E-state index in [0.29, 0.717) is 12.1 Å². The molecule has 0 radical (unpaired) electrons. The third-order valence-corrected chi connectivity index (χ3v) is 4.75. The number of carbonyl (C=O) groups excluding carboxylic acids is 1. The second kappa shape index (κ2) is 5.89. The molecule has 5 nitrogen and oxygen atoms in total. The zero-order valence-electron chi connectivity index (χ0n) is 12.5. The molecule has 0 saturated heterocycles. The summed E-state index contributed by atoms with van der Waals surface area (Å²) in [5.74, 6) is -0.173. The number of aromatic amines is 1. The summed E-state index contributed by atoms with van der Waals surface area (Å²) in [6.45, 7) is 0.339. The van der Waals surface area contributed by atoms with E-state index in [0.717, 1.165) is 16.5 Å². The van der Waals surface area contributed by atoms with Gasteiger partial charge in [0.1, 0.15) is 0 Å². The first kappa shape index (κ1) is 15.3. The van der Waals surface area contributed by atoms with Crippen LogP contribution in [-0.4, -0.2) is 25.6 Å². The van der Waals surface area contributed by atoms with Crippen LogP contribution < -0.4 is 5.32 Å². The van der Waals surface area contributed by atoms with Crippen molar-refractivity contribution in [3.05, 3.63) is 65.9 Å². The first-order valence-electron chi connectivity index (χ1n) is 7.08. The molecule has 2 aromatic carbocycles. The number of rotatable bonds is 4. The Morgan fingerprint density at radius 3 is 2.52 bits per heavy atom. The van der Waals surface area contributed by atoms with Crippen LogP contribution in [0.2, 0.25) is 0 Å². The molecule has 2 N–H and O–H groups in total. The Kier molecular flexibility index (Phi) is 3.92. The molecule has 1 amide bonds. The summed E-state index contributed by atoms with van der Waals surface area (Å²) in [6.07, 6.45) is 3.00. The molecule has 0 unspecified atom stereocenters. The number of nitrogens with one attached hydrogen (secondary N) is 2. The number of hydrogen-bond donors (Lipinski definition) is 2. The van der Waals surface area contributed by atoms with Crippen molar-refractivity contribution in [2.45, 2.75) is 11.4 Å². The highest BCUT2D eigenvalue weighted by Crippen LogP contribution is 2.14. The topological polar surface area (TPSA) is 79.0 Å². The van der Waals surface area contributed by atoms with Gasteiger partial charge in [-0.3, -0.25) is 4.79 Å². The summed E-state index contributed by atoms with van der Waals surface area (Å²) in [6, 6.07) is 13.9. The largest absolute Gasteiger partial charge is 0.361 e. The molecule has 0 bridgehead atoms. The van der Waals surface area contributed by atoms with E-state index in [1.54, 1.807) is 36.4 Å². The first-order chi connectivity index (χ1) is 10.9. The van der Waals surface area contributed by atoms with Crippen molar-refractivity contribution >= 4 is 26.6 Å². The molecule has 1 aromatic heterocycles. The number of aromatic nitrogens is 1. The van der Waals surface area contributed by atoms with Crippen molar-refractivity contribution in [3.8, 4) is 0 Å². The van der Waals surface area contributed by atoms with Crippen LogP contribution in [-0.2, 0) is 16.4 Å². The van der Waals surface area contributed by atoms with Gasteiger partial charge in [-0.1, -0.05) is 18.2 Å². The number of hydrogen-bond acceptors (Lipinski definition) is 3. The zero-order chi connectivity index (χ0) is 16.4. The highest BCUT2D eigenvalue weighted by Gasteiger charge is 2.08. The highest BCUT2D eigenvalue weighted by molar-refractivity contribution is 7.90. The molecular formula is C17H16N2O3S. The van der Waals surface area contributed by atoms with E-state index in [1.807, 2.05) is 18.3 Å². The Balaban J connectivity index is 1.68. The summed E-state index contributed by atoms with van der Waals surface area (Å²) in [5.41, 5.74) is 2.33. The molecule has 118 valence electrons. The van der Waals surface area contributed by atoms with Gasteiger partial charge in [0.25, 0.3) is 5.91 Å². The number of amides is 1. The van der Waals surface area contributed by atoms with Gasteiger partial charge in [0.05, 0.1) is 4.90 Å². The number of H-pyrrole nitrogens is 1. The highest BCUT2D eigenvalue weighted by atomic mass is 32.2. The monoisotopic (exact) mass is 328 g/mol. The molecular weight excluding hydrogens is 312 g/mol. The molecule has 6 heteroatoms. The SMILES string of the molecule is CS(=O)(=O)c1ccc(CNC(=O)c2ccc3cc[nH]c3c2)cc1. The number of fused-ring (bicyclic) bond motifs is 1. The second-order valence-corrected chi connectivity index (χ2v) is 7.39.